The lowest BCUT2D eigenvalue weighted by Gasteiger charge is -2.23. The molecule has 2 aromatic carbocycles. The maximum Gasteiger partial charge on any atom is 0.0540 e. The van der Waals surface area contributed by atoms with Crippen LogP contribution in [-0.4, -0.2) is 26.2 Å². The van der Waals surface area contributed by atoms with Crippen LogP contribution in [-0.2, 0) is 0 Å². The van der Waals surface area contributed by atoms with Crippen LogP contribution in [0, 0.1) is 0 Å². The second-order valence-electron chi connectivity index (χ2n) is 7.58. The van der Waals surface area contributed by atoms with Crippen LogP contribution in [0.3, 0.4) is 0 Å². The van der Waals surface area contributed by atoms with Gasteiger partial charge in [0.2, 0.25) is 0 Å². The van der Waals surface area contributed by atoms with E-state index in [0.717, 1.165) is 37.6 Å². The van der Waals surface area contributed by atoms with Crippen LogP contribution in [0.25, 0.3) is 0 Å². The predicted octanol–water partition coefficient (Wildman–Crippen LogP) is 4.06. The normalized spacial score (nSPS) is 23.4. The van der Waals surface area contributed by atoms with Crippen molar-refractivity contribution in [2.24, 2.45) is 0 Å². The lowest BCUT2D eigenvalue weighted by atomic mass is 9.91. The number of rotatable bonds is 5. The summed E-state index contributed by atoms with van der Waals surface area (Å²) in [4.78, 5) is 0. The van der Waals surface area contributed by atoms with Gasteiger partial charge in [0.1, 0.15) is 0 Å². The highest BCUT2D eigenvalue weighted by molar-refractivity contribution is 5.53. The quantitative estimate of drug-likeness (QED) is 0.614. The molecule has 0 radical (unpaired) electrons. The summed E-state index contributed by atoms with van der Waals surface area (Å²) >= 11 is 0. The van der Waals surface area contributed by atoms with E-state index >= 15 is 0 Å². The fourth-order valence-electron chi connectivity index (χ4n) is 4.09. The van der Waals surface area contributed by atoms with Gasteiger partial charge in [-0.15, -0.1) is 0 Å². The molecule has 0 bridgehead atoms. The van der Waals surface area contributed by atoms with Gasteiger partial charge >= 0.3 is 0 Å². The summed E-state index contributed by atoms with van der Waals surface area (Å²) in [5.41, 5.74) is 11.7. The second kappa shape index (κ2) is 8.56. The summed E-state index contributed by atoms with van der Waals surface area (Å²) in [6.07, 6.45) is 5.14. The average molecular weight is 351 g/mol. The van der Waals surface area contributed by atoms with Crippen LogP contribution in [0.4, 0.5) is 11.4 Å². The summed E-state index contributed by atoms with van der Waals surface area (Å²) in [6.45, 7) is 4.54. The number of hydrazine groups is 1. The number of nitrogens with one attached hydrogen (secondary N) is 4. The standard InChI is InChI=1S/C22H30N4/c1-3-19(15-23-13-1)17-5-9-21(10-6-17)25-26-22-11-7-18(8-12-22)20-4-2-14-24-16-20/h5-12,19-20,23-26H,1-4,13-16H2. The number of hydrogen-bond donors (Lipinski definition) is 4. The topological polar surface area (TPSA) is 48.1 Å². The monoisotopic (exact) mass is 350 g/mol. The summed E-state index contributed by atoms with van der Waals surface area (Å²) in [5.74, 6) is 1.32. The van der Waals surface area contributed by atoms with E-state index in [1.54, 1.807) is 0 Å². The molecule has 2 aliphatic rings. The first-order valence-electron chi connectivity index (χ1n) is 10.0. The van der Waals surface area contributed by atoms with Crippen LogP contribution in [0.15, 0.2) is 48.5 Å². The Morgan fingerprint density at radius 3 is 1.38 bits per heavy atom. The van der Waals surface area contributed by atoms with E-state index in [4.69, 9.17) is 0 Å². The molecule has 0 amide bonds. The Morgan fingerprint density at radius 2 is 1.04 bits per heavy atom. The molecule has 2 aliphatic heterocycles. The number of benzene rings is 2. The molecule has 138 valence electrons. The molecular formula is C22H30N4. The van der Waals surface area contributed by atoms with Crippen molar-refractivity contribution < 1.29 is 0 Å². The van der Waals surface area contributed by atoms with Gasteiger partial charge in [0.05, 0.1) is 11.4 Å². The van der Waals surface area contributed by atoms with Gasteiger partial charge in [-0.2, -0.15) is 0 Å². The van der Waals surface area contributed by atoms with Crippen molar-refractivity contribution in [3.63, 3.8) is 0 Å². The maximum absolute atomic E-state index is 3.49. The molecule has 0 saturated carbocycles. The molecule has 2 unspecified atom stereocenters. The van der Waals surface area contributed by atoms with E-state index in [9.17, 15) is 0 Å². The zero-order valence-corrected chi connectivity index (χ0v) is 15.4. The van der Waals surface area contributed by atoms with Crippen molar-refractivity contribution in [2.75, 3.05) is 37.0 Å². The van der Waals surface area contributed by atoms with E-state index in [1.165, 1.54) is 36.8 Å². The number of anilines is 2. The van der Waals surface area contributed by atoms with Gasteiger partial charge < -0.3 is 21.5 Å². The Morgan fingerprint density at radius 1 is 0.615 bits per heavy atom. The molecule has 2 saturated heterocycles. The molecule has 2 atom stereocenters. The molecule has 2 heterocycles. The van der Waals surface area contributed by atoms with Crippen molar-refractivity contribution in [2.45, 2.75) is 37.5 Å². The Balaban J connectivity index is 1.30. The van der Waals surface area contributed by atoms with Crippen LogP contribution >= 0.6 is 0 Å². The van der Waals surface area contributed by atoms with E-state index in [0.29, 0.717) is 11.8 Å². The molecule has 4 N–H and O–H groups in total. The molecule has 26 heavy (non-hydrogen) atoms. The van der Waals surface area contributed by atoms with Crippen molar-refractivity contribution in [1.29, 1.82) is 0 Å². The third-order valence-corrected chi connectivity index (χ3v) is 5.71. The summed E-state index contributed by atoms with van der Waals surface area (Å²) in [6, 6.07) is 17.7. The van der Waals surface area contributed by atoms with Crippen molar-refractivity contribution in [3.05, 3.63) is 59.7 Å². The fourth-order valence-corrected chi connectivity index (χ4v) is 4.09. The van der Waals surface area contributed by atoms with Gasteiger partial charge in [0.15, 0.2) is 0 Å². The third-order valence-electron chi connectivity index (χ3n) is 5.71. The largest absolute Gasteiger partial charge is 0.316 e. The molecule has 4 rings (SSSR count). The molecule has 4 nitrogen and oxygen atoms in total. The Bertz CT molecular complexity index is 607. The Hall–Kier alpha value is -2.04. The second-order valence-corrected chi connectivity index (χ2v) is 7.58. The average Bonchev–Trinajstić information content (AvgIpc) is 2.74. The van der Waals surface area contributed by atoms with E-state index in [1.807, 2.05) is 0 Å². The van der Waals surface area contributed by atoms with E-state index in [2.05, 4.69) is 70.0 Å². The minimum absolute atomic E-state index is 0.660. The first-order chi connectivity index (χ1) is 12.9. The van der Waals surface area contributed by atoms with Crippen molar-refractivity contribution in [1.82, 2.24) is 10.6 Å². The minimum atomic E-state index is 0.660. The Labute approximate surface area is 156 Å². The Kier molecular flexibility index (Phi) is 5.72. The molecular weight excluding hydrogens is 320 g/mol. The molecule has 2 aromatic rings. The van der Waals surface area contributed by atoms with Crippen LogP contribution in [0.1, 0.15) is 48.6 Å². The third kappa shape index (κ3) is 4.37. The smallest absolute Gasteiger partial charge is 0.0540 e. The lowest BCUT2D eigenvalue weighted by Crippen LogP contribution is -2.28. The first-order valence-corrected chi connectivity index (χ1v) is 10.0. The highest BCUT2D eigenvalue weighted by Crippen LogP contribution is 2.26. The SMILES string of the molecule is c1cc(C2CCCNC2)ccc1NNc1ccc(C2CCCNC2)cc1. The predicted molar refractivity (Wildman–Crippen MR) is 110 cm³/mol. The van der Waals surface area contributed by atoms with Crippen LogP contribution in [0.2, 0.25) is 0 Å². The highest BCUT2D eigenvalue weighted by atomic mass is 15.4. The van der Waals surface area contributed by atoms with Gasteiger partial charge in [-0.1, -0.05) is 24.3 Å². The number of hydrogen-bond acceptors (Lipinski definition) is 4. The zero-order chi connectivity index (χ0) is 17.6. The maximum atomic E-state index is 3.49. The minimum Gasteiger partial charge on any atom is -0.316 e. The first kappa shape index (κ1) is 17.4. The fraction of sp³-hybridized carbons (Fsp3) is 0.455. The van der Waals surface area contributed by atoms with Gasteiger partial charge in [0, 0.05) is 13.1 Å². The van der Waals surface area contributed by atoms with Crippen molar-refractivity contribution >= 4 is 11.4 Å². The lowest BCUT2D eigenvalue weighted by molar-refractivity contribution is 0.461. The van der Waals surface area contributed by atoms with Gasteiger partial charge in [-0.05, 0) is 86.0 Å². The van der Waals surface area contributed by atoms with Crippen LogP contribution < -0.4 is 21.5 Å². The highest BCUT2D eigenvalue weighted by Gasteiger charge is 2.15. The molecule has 4 heteroatoms. The molecule has 2 fully saturated rings. The zero-order valence-electron chi connectivity index (χ0n) is 15.4. The molecule has 0 aliphatic carbocycles. The van der Waals surface area contributed by atoms with E-state index < -0.39 is 0 Å². The van der Waals surface area contributed by atoms with Crippen molar-refractivity contribution in [3.8, 4) is 0 Å². The molecule has 0 aromatic heterocycles. The van der Waals surface area contributed by atoms with Gasteiger partial charge in [-0.3, -0.25) is 0 Å². The summed E-state index contributed by atoms with van der Waals surface area (Å²) in [7, 11) is 0. The summed E-state index contributed by atoms with van der Waals surface area (Å²) in [5, 5.41) is 6.98. The number of piperidine rings is 2. The van der Waals surface area contributed by atoms with Gasteiger partial charge in [-0.25, -0.2) is 0 Å². The van der Waals surface area contributed by atoms with E-state index in [-0.39, 0.29) is 0 Å². The van der Waals surface area contributed by atoms with Crippen LogP contribution in [0.5, 0.6) is 0 Å². The molecule has 0 spiro atoms. The summed E-state index contributed by atoms with van der Waals surface area (Å²) < 4.78 is 0. The van der Waals surface area contributed by atoms with Gasteiger partial charge in [0.25, 0.3) is 0 Å².